The van der Waals surface area contributed by atoms with Gasteiger partial charge in [-0.1, -0.05) is 41.3 Å². The molecule has 3 rings (SSSR count). The van der Waals surface area contributed by atoms with E-state index in [1.807, 2.05) is 37.2 Å². The minimum absolute atomic E-state index is 0.0477. The monoisotopic (exact) mass is 320 g/mol. The van der Waals surface area contributed by atoms with Gasteiger partial charge in [0.25, 0.3) is 0 Å². The van der Waals surface area contributed by atoms with Crippen LogP contribution in [0.3, 0.4) is 0 Å². The molecule has 0 aliphatic carbocycles. The molecule has 110 valence electrons. The summed E-state index contributed by atoms with van der Waals surface area (Å²) in [7, 11) is 3.87. The number of carbonyl (C=O) groups is 1. The summed E-state index contributed by atoms with van der Waals surface area (Å²) < 4.78 is 0.838. The number of anilines is 2. The van der Waals surface area contributed by atoms with Crippen molar-refractivity contribution in [3.63, 3.8) is 0 Å². The highest BCUT2D eigenvalue weighted by Gasteiger charge is 2.25. The summed E-state index contributed by atoms with van der Waals surface area (Å²) in [6.07, 6.45) is 1.70. The van der Waals surface area contributed by atoms with Crippen molar-refractivity contribution in [2.45, 2.75) is 22.4 Å². The van der Waals surface area contributed by atoms with Gasteiger partial charge in [0, 0.05) is 19.8 Å². The number of benzene rings is 1. The topological polar surface area (TPSA) is 58.1 Å². The molecule has 0 bridgehead atoms. The van der Waals surface area contributed by atoms with Crippen LogP contribution in [-0.4, -0.2) is 35.4 Å². The normalized spacial score (nSPS) is 17.8. The Kier molecular flexibility index (Phi) is 4.12. The first-order valence-corrected chi connectivity index (χ1v) is 8.39. The molecule has 0 spiro atoms. The summed E-state index contributed by atoms with van der Waals surface area (Å²) in [6.45, 7) is 0. The van der Waals surface area contributed by atoms with E-state index in [1.54, 1.807) is 0 Å². The van der Waals surface area contributed by atoms with Crippen molar-refractivity contribution in [3.05, 3.63) is 29.8 Å². The first kappa shape index (κ1) is 14.3. The highest BCUT2D eigenvalue weighted by molar-refractivity contribution is 8.02. The van der Waals surface area contributed by atoms with Crippen LogP contribution < -0.4 is 10.2 Å². The lowest BCUT2D eigenvalue weighted by Gasteiger charge is -2.10. The third kappa shape index (κ3) is 3.19. The van der Waals surface area contributed by atoms with Crippen molar-refractivity contribution in [2.24, 2.45) is 0 Å². The fourth-order valence-corrected chi connectivity index (χ4v) is 4.16. The van der Waals surface area contributed by atoms with E-state index in [0.29, 0.717) is 0 Å². The number of amides is 1. The van der Waals surface area contributed by atoms with E-state index in [-0.39, 0.29) is 11.2 Å². The SMILES string of the molecule is CN(C)c1nnc(S[C@@H]2CCc3ccccc3NC2=O)s1. The third-order valence-corrected chi connectivity index (χ3v) is 5.71. The number of fused-ring (bicyclic) bond motifs is 1. The van der Waals surface area contributed by atoms with E-state index in [1.165, 1.54) is 28.7 Å². The molecule has 0 fully saturated rings. The summed E-state index contributed by atoms with van der Waals surface area (Å²) in [5.41, 5.74) is 2.12. The Hall–Kier alpha value is -1.60. The number of hydrogen-bond donors (Lipinski definition) is 1. The zero-order valence-corrected chi connectivity index (χ0v) is 13.5. The summed E-state index contributed by atoms with van der Waals surface area (Å²) >= 11 is 3.02. The zero-order valence-electron chi connectivity index (χ0n) is 11.9. The lowest BCUT2D eigenvalue weighted by molar-refractivity contribution is -0.115. The number of thioether (sulfide) groups is 1. The van der Waals surface area contributed by atoms with Crippen LogP contribution in [0.5, 0.6) is 0 Å². The smallest absolute Gasteiger partial charge is 0.237 e. The summed E-state index contributed by atoms with van der Waals surface area (Å²) in [4.78, 5) is 14.3. The Morgan fingerprint density at radius 3 is 2.90 bits per heavy atom. The van der Waals surface area contributed by atoms with Gasteiger partial charge in [0.1, 0.15) is 0 Å². The maximum atomic E-state index is 12.3. The summed E-state index contributed by atoms with van der Waals surface area (Å²) in [5, 5.41) is 12.0. The van der Waals surface area contributed by atoms with E-state index < -0.39 is 0 Å². The molecule has 1 aliphatic rings. The molecule has 1 N–H and O–H groups in total. The number of nitrogens with one attached hydrogen (secondary N) is 1. The highest BCUT2D eigenvalue weighted by Crippen LogP contribution is 2.34. The number of carbonyl (C=O) groups excluding carboxylic acids is 1. The van der Waals surface area contributed by atoms with Gasteiger partial charge in [0.05, 0.1) is 5.25 Å². The van der Waals surface area contributed by atoms with Gasteiger partial charge in [-0.05, 0) is 24.5 Å². The molecule has 0 unspecified atom stereocenters. The van der Waals surface area contributed by atoms with E-state index in [4.69, 9.17) is 0 Å². The van der Waals surface area contributed by atoms with Crippen LogP contribution in [0.2, 0.25) is 0 Å². The zero-order chi connectivity index (χ0) is 14.8. The van der Waals surface area contributed by atoms with E-state index in [0.717, 1.165) is 28.0 Å². The van der Waals surface area contributed by atoms with Gasteiger partial charge in [-0.2, -0.15) is 0 Å². The number of nitrogens with zero attached hydrogens (tertiary/aromatic N) is 3. The quantitative estimate of drug-likeness (QED) is 0.942. The van der Waals surface area contributed by atoms with Gasteiger partial charge in [-0.25, -0.2) is 0 Å². The van der Waals surface area contributed by atoms with Crippen molar-refractivity contribution >= 4 is 39.8 Å². The van der Waals surface area contributed by atoms with Crippen molar-refractivity contribution in [1.82, 2.24) is 10.2 Å². The Bertz CT molecular complexity index is 656. The fourth-order valence-electron chi connectivity index (χ4n) is 2.16. The largest absolute Gasteiger partial charge is 0.353 e. The molecule has 1 aliphatic heterocycles. The molecule has 1 amide bonds. The minimum Gasteiger partial charge on any atom is -0.353 e. The molecule has 7 heteroatoms. The number of aryl methyl sites for hydroxylation is 1. The predicted octanol–water partition coefficient (Wildman–Crippen LogP) is 2.65. The van der Waals surface area contributed by atoms with Crippen molar-refractivity contribution in [1.29, 1.82) is 0 Å². The van der Waals surface area contributed by atoms with E-state index >= 15 is 0 Å². The van der Waals surface area contributed by atoms with Crippen LogP contribution in [0.4, 0.5) is 10.8 Å². The average molecular weight is 320 g/mol. The molecule has 0 saturated heterocycles. The van der Waals surface area contributed by atoms with Crippen LogP contribution in [0.25, 0.3) is 0 Å². The second-order valence-electron chi connectivity index (χ2n) is 5.04. The maximum absolute atomic E-state index is 12.3. The molecule has 2 heterocycles. The number of para-hydroxylation sites is 1. The Labute approximate surface area is 131 Å². The van der Waals surface area contributed by atoms with Gasteiger partial charge in [0.15, 0.2) is 4.34 Å². The molecule has 0 radical (unpaired) electrons. The van der Waals surface area contributed by atoms with Crippen molar-refractivity contribution < 1.29 is 4.79 Å². The fraction of sp³-hybridized carbons (Fsp3) is 0.357. The maximum Gasteiger partial charge on any atom is 0.237 e. The third-order valence-electron chi connectivity index (χ3n) is 3.26. The van der Waals surface area contributed by atoms with Crippen LogP contribution in [0.15, 0.2) is 28.6 Å². The Morgan fingerprint density at radius 2 is 2.14 bits per heavy atom. The second kappa shape index (κ2) is 6.03. The van der Waals surface area contributed by atoms with Gasteiger partial charge in [0.2, 0.25) is 11.0 Å². The van der Waals surface area contributed by atoms with Crippen molar-refractivity contribution in [2.75, 3.05) is 24.3 Å². The lowest BCUT2D eigenvalue weighted by Crippen LogP contribution is -2.23. The molecule has 0 saturated carbocycles. The molecule has 1 aromatic carbocycles. The van der Waals surface area contributed by atoms with Gasteiger partial charge in [-0.15, -0.1) is 10.2 Å². The number of aromatic nitrogens is 2. The van der Waals surface area contributed by atoms with Crippen LogP contribution >= 0.6 is 23.1 Å². The average Bonchev–Trinajstić information content (AvgIpc) is 2.87. The van der Waals surface area contributed by atoms with Gasteiger partial charge < -0.3 is 10.2 Å². The molecular weight excluding hydrogens is 304 g/mol. The summed E-state index contributed by atoms with van der Waals surface area (Å²) in [5.74, 6) is 0.0477. The standard InChI is InChI=1S/C14H16N4OS2/c1-18(2)13-16-17-14(21-13)20-11-8-7-9-5-3-4-6-10(9)15-12(11)19/h3-6,11H,7-8H2,1-2H3,(H,15,19)/t11-/m1/s1. The minimum atomic E-state index is -0.125. The Morgan fingerprint density at radius 1 is 1.33 bits per heavy atom. The Balaban J connectivity index is 1.73. The molecule has 2 aromatic rings. The predicted molar refractivity (Wildman–Crippen MR) is 87.3 cm³/mol. The molecular formula is C14H16N4OS2. The van der Waals surface area contributed by atoms with Crippen LogP contribution in [0.1, 0.15) is 12.0 Å². The van der Waals surface area contributed by atoms with E-state index in [2.05, 4.69) is 21.6 Å². The lowest BCUT2D eigenvalue weighted by atomic mass is 10.1. The van der Waals surface area contributed by atoms with Crippen molar-refractivity contribution in [3.8, 4) is 0 Å². The first-order chi connectivity index (χ1) is 10.1. The van der Waals surface area contributed by atoms with E-state index in [9.17, 15) is 4.79 Å². The highest BCUT2D eigenvalue weighted by atomic mass is 32.2. The second-order valence-corrected chi connectivity index (χ2v) is 7.44. The van der Waals surface area contributed by atoms with Gasteiger partial charge in [-0.3, -0.25) is 4.79 Å². The molecule has 1 atom stereocenters. The summed E-state index contributed by atoms with van der Waals surface area (Å²) in [6, 6.07) is 7.97. The number of rotatable bonds is 3. The molecule has 5 nitrogen and oxygen atoms in total. The number of hydrogen-bond acceptors (Lipinski definition) is 6. The van der Waals surface area contributed by atoms with Crippen LogP contribution in [0, 0.1) is 0 Å². The first-order valence-electron chi connectivity index (χ1n) is 6.70. The van der Waals surface area contributed by atoms with Gasteiger partial charge >= 0.3 is 0 Å². The molecule has 1 aromatic heterocycles. The van der Waals surface area contributed by atoms with Crippen LogP contribution in [-0.2, 0) is 11.2 Å². The molecule has 21 heavy (non-hydrogen) atoms.